The fraction of sp³-hybridized carbons (Fsp3) is 0.123. The van der Waals surface area contributed by atoms with E-state index in [1.807, 2.05) is 0 Å². The Kier molecular flexibility index (Phi) is 7.03. The molecule has 270 valence electrons. The molecular weight excluding hydrogens is 685 g/mol. The summed E-state index contributed by atoms with van der Waals surface area (Å²) in [5, 5.41) is 13.4. The van der Waals surface area contributed by atoms with Gasteiger partial charge >= 0.3 is 0 Å². The summed E-state index contributed by atoms with van der Waals surface area (Å²) in [6, 6.07) is 68.5. The number of rotatable bonds is 3. The van der Waals surface area contributed by atoms with Crippen molar-refractivity contribution in [2.75, 3.05) is 0 Å². The van der Waals surface area contributed by atoms with E-state index in [2.05, 4.69) is 196 Å². The zero-order chi connectivity index (χ0) is 37.8. The average molecular weight is 727 g/mol. The van der Waals surface area contributed by atoms with E-state index in [1.165, 1.54) is 92.8 Å². The molecule has 0 aliphatic heterocycles. The van der Waals surface area contributed by atoms with Crippen LogP contribution in [0.5, 0.6) is 0 Å². The van der Waals surface area contributed by atoms with Crippen LogP contribution in [0.4, 0.5) is 0 Å². The van der Waals surface area contributed by atoms with Crippen LogP contribution in [-0.4, -0.2) is 0 Å². The van der Waals surface area contributed by atoms with Gasteiger partial charge in [0.2, 0.25) is 0 Å². The predicted octanol–water partition coefficient (Wildman–Crippen LogP) is 15.2. The Morgan fingerprint density at radius 2 is 0.842 bits per heavy atom. The Morgan fingerprint density at radius 1 is 0.386 bits per heavy atom. The summed E-state index contributed by atoms with van der Waals surface area (Å²) >= 11 is 0. The largest absolute Gasteiger partial charge is 0.0616 e. The third-order valence-corrected chi connectivity index (χ3v) is 14.1. The lowest BCUT2D eigenvalue weighted by molar-refractivity contribution is 0.288. The first-order chi connectivity index (χ1) is 28.0. The van der Waals surface area contributed by atoms with Gasteiger partial charge in [-0.3, -0.25) is 0 Å². The second kappa shape index (κ2) is 12.2. The van der Waals surface area contributed by atoms with Crippen molar-refractivity contribution < 1.29 is 0 Å². The third kappa shape index (κ3) is 4.74. The normalized spacial score (nSPS) is 16.9. The van der Waals surface area contributed by atoms with Crippen molar-refractivity contribution in [1.29, 1.82) is 0 Å². The highest BCUT2D eigenvalue weighted by Gasteiger charge is 2.48. The maximum atomic E-state index is 2.58. The van der Waals surface area contributed by atoms with Gasteiger partial charge in [-0.15, -0.1) is 0 Å². The highest BCUT2D eigenvalue weighted by Crippen LogP contribution is 2.58. The third-order valence-electron chi connectivity index (χ3n) is 14.1. The summed E-state index contributed by atoms with van der Waals surface area (Å²) in [4.78, 5) is 0. The molecule has 2 atom stereocenters. The summed E-state index contributed by atoms with van der Waals surface area (Å²) in [5.41, 5.74) is 14.0. The van der Waals surface area contributed by atoms with Crippen LogP contribution in [0.2, 0.25) is 0 Å². The minimum atomic E-state index is 0.0395. The molecular formula is C57H42. The highest BCUT2D eigenvalue weighted by molar-refractivity contribution is 6.21. The molecule has 12 rings (SSSR count). The van der Waals surface area contributed by atoms with Crippen molar-refractivity contribution in [3.63, 3.8) is 0 Å². The molecule has 2 unspecified atom stereocenters. The van der Waals surface area contributed by atoms with Gasteiger partial charge in [-0.1, -0.05) is 196 Å². The van der Waals surface area contributed by atoms with E-state index in [0.29, 0.717) is 11.8 Å². The van der Waals surface area contributed by atoms with Crippen LogP contribution in [0.15, 0.2) is 182 Å². The van der Waals surface area contributed by atoms with Crippen LogP contribution in [-0.2, 0) is 18.3 Å². The maximum Gasteiger partial charge on any atom is -0.00263 e. The zero-order valence-electron chi connectivity index (χ0n) is 32.4. The lowest BCUT2D eigenvalue weighted by Gasteiger charge is -2.37. The molecule has 10 aromatic rings. The first-order valence-electron chi connectivity index (χ1n) is 20.6. The van der Waals surface area contributed by atoms with Crippen LogP contribution < -0.4 is 0 Å². The number of hydrogen-bond acceptors (Lipinski definition) is 0. The highest BCUT2D eigenvalue weighted by atomic mass is 14.5. The molecule has 0 heterocycles. The van der Waals surface area contributed by atoms with E-state index < -0.39 is 0 Å². The zero-order valence-corrected chi connectivity index (χ0v) is 32.4. The molecule has 2 aliphatic rings. The standard InChI is InChI=1S/C57H42/c1-57(2)53-32-38(30-31-45(53)52-33-50-43-19-7-5-17-41(43)42-18-6-8-20-44(42)51(50)34-54(52)57)56-48-23-11-9-21-46(48)55(47-22-10-12-24-49(47)56)37-28-26-36(27-29-37)40-25-13-15-35-14-3-4-16-39(35)40/h3-32,52,54H,33-34H2,1-2H3. The predicted molar refractivity (Wildman–Crippen MR) is 243 cm³/mol. The van der Waals surface area contributed by atoms with Gasteiger partial charge in [0.05, 0.1) is 0 Å². The van der Waals surface area contributed by atoms with Gasteiger partial charge in [0, 0.05) is 0 Å². The van der Waals surface area contributed by atoms with Gasteiger partial charge in [-0.05, 0) is 140 Å². The van der Waals surface area contributed by atoms with E-state index in [0.717, 1.165) is 12.8 Å². The molecule has 2 aliphatic carbocycles. The Morgan fingerprint density at radius 3 is 1.46 bits per heavy atom. The smallest absolute Gasteiger partial charge is 0.00263 e. The molecule has 0 nitrogen and oxygen atoms in total. The quantitative estimate of drug-likeness (QED) is 0.126. The van der Waals surface area contributed by atoms with Crippen molar-refractivity contribution in [2.24, 2.45) is 5.92 Å². The Balaban J connectivity index is 1.00. The van der Waals surface area contributed by atoms with E-state index in [4.69, 9.17) is 0 Å². The van der Waals surface area contributed by atoms with Gasteiger partial charge < -0.3 is 0 Å². The summed E-state index contributed by atoms with van der Waals surface area (Å²) in [6.07, 6.45) is 2.21. The molecule has 0 bridgehead atoms. The first kappa shape index (κ1) is 32.7. The van der Waals surface area contributed by atoms with E-state index in [1.54, 1.807) is 16.7 Å². The van der Waals surface area contributed by atoms with E-state index >= 15 is 0 Å². The summed E-state index contributed by atoms with van der Waals surface area (Å²) in [5.74, 6) is 1.06. The lowest BCUT2D eigenvalue weighted by atomic mass is 9.66. The second-order valence-corrected chi connectivity index (χ2v) is 17.1. The van der Waals surface area contributed by atoms with Gasteiger partial charge in [0.15, 0.2) is 0 Å². The number of benzene rings is 10. The van der Waals surface area contributed by atoms with Crippen LogP contribution in [0, 0.1) is 5.92 Å². The molecule has 10 aromatic carbocycles. The molecule has 0 heteroatoms. The number of hydrogen-bond donors (Lipinski definition) is 0. The number of fused-ring (bicyclic) bond motifs is 12. The average Bonchev–Trinajstić information content (AvgIpc) is 3.49. The monoisotopic (exact) mass is 726 g/mol. The van der Waals surface area contributed by atoms with Crippen LogP contribution in [0.1, 0.15) is 42.0 Å². The van der Waals surface area contributed by atoms with E-state index in [9.17, 15) is 0 Å². The Hall–Kier alpha value is -6.50. The van der Waals surface area contributed by atoms with Crippen molar-refractivity contribution >= 4 is 53.9 Å². The van der Waals surface area contributed by atoms with Crippen molar-refractivity contribution in [1.82, 2.24) is 0 Å². The van der Waals surface area contributed by atoms with Gasteiger partial charge in [0.1, 0.15) is 0 Å². The summed E-state index contributed by atoms with van der Waals surface area (Å²) in [7, 11) is 0. The molecule has 0 spiro atoms. The van der Waals surface area contributed by atoms with Crippen LogP contribution >= 0.6 is 0 Å². The molecule has 0 saturated carbocycles. The van der Waals surface area contributed by atoms with Crippen LogP contribution in [0.3, 0.4) is 0 Å². The topological polar surface area (TPSA) is 0 Å². The fourth-order valence-corrected chi connectivity index (χ4v) is 11.4. The maximum absolute atomic E-state index is 2.58. The van der Waals surface area contributed by atoms with Gasteiger partial charge in [0.25, 0.3) is 0 Å². The molecule has 0 radical (unpaired) electrons. The SMILES string of the molecule is CC1(C)c2cc(-c3c4ccccc4c(-c4ccc(-c5cccc6ccccc56)cc4)c4ccccc34)ccc2C2Cc3c(c4ccccc4c4ccccc34)CC21. The molecule has 0 aromatic heterocycles. The molecule has 0 fully saturated rings. The van der Waals surface area contributed by atoms with Crippen molar-refractivity contribution in [3.8, 4) is 33.4 Å². The fourth-order valence-electron chi connectivity index (χ4n) is 11.4. The molecule has 0 saturated heterocycles. The first-order valence-corrected chi connectivity index (χ1v) is 20.6. The van der Waals surface area contributed by atoms with Crippen molar-refractivity contribution in [3.05, 3.63) is 204 Å². The molecule has 57 heavy (non-hydrogen) atoms. The van der Waals surface area contributed by atoms with Gasteiger partial charge in [-0.25, -0.2) is 0 Å². The lowest BCUT2D eigenvalue weighted by Crippen LogP contribution is -2.32. The summed E-state index contributed by atoms with van der Waals surface area (Å²) in [6.45, 7) is 5.05. The van der Waals surface area contributed by atoms with E-state index in [-0.39, 0.29) is 5.41 Å². The minimum absolute atomic E-state index is 0.0395. The Labute approximate surface area is 334 Å². The summed E-state index contributed by atoms with van der Waals surface area (Å²) < 4.78 is 0. The molecule has 0 N–H and O–H groups in total. The van der Waals surface area contributed by atoms with Crippen LogP contribution in [0.25, 0.3) is 87.2 Å². The van der Waals surface area contributed by atoms with Crippen molar-refractivity contribution in [2.45, 2.75) is 38.0 Å². The minimum Gasteiger partial charge on any atom is -0.0616 e. The molecule has 0 amide bonds. The van der Waals surface area contributed by atoms with Gasteiger partial charge in [-0.2, -0.15) is 0 Å². The Bertz CT molecular complexity index is 3210. The second-order valence-electron chi connectivity index (χ2n) is 17.1.